The third kappa shape index (κ3) is 34.0. The topological polar surface area (TPSA) is 673 Å². The van der Waals surface area contributed by atoms with Gasteiger partial charge in [0, 0.05) is 43.4 Å². The predicted octanol–water partition coefficient (Wildman–Crippen LogP) is -4.57. The third-order valence-electron chi connectivity index (χ3n) is 18.4. The molecule has 23 N–H and O–H groups in total. The first-order valence-corrected chi connectivity index (χ1v) is 37.3. The molecule has 3 rings (SSSR count). The Morgan fingerprint density at radius 3 is 1.75 bits per heavy atom. The number of carbonyl (C=O) groups excluding carboxylic acids is 16. The molecule has 2 heterocycles. The van der Waals surface area contributed by atoms with Gasteiger partial charge in [-0.15, -0.1) is 0 Å². The quantitative estimate of drug-likeness (QED) is 0.0226. The largest absolute Gasteiger partial charge is 0.481 e. The lowest BCUT2D eigenvalue weighted by atomic mass is 9.95. The van der Waals surface area contributed by atoms with Crippen molar-refractivity contribution in [1.82, 2.24) is 73.7 Å². The number of aromatic nitrogens is 1. The van der Waals surface area contributed by atoms with Crippen LogP contribution in [0.1, 0.15) is 163 Å². The molecule has 42 heteroatoms. The SMILES string of the molecule is CCC(C)CCCCCCC(=O)NC(Cc1c[nH]c2ccccc12)C(=O)NC(CCC(=O)O)C(=O)NC(CC(N)=O)C(=O)NC1C(=O)N(C)CC(=O)NC(C)C(=O)NC(CC(=O)O)C(=O)NC(CCCCN)C(=O)NC(CC(=O)O)C(=O)NCC(=O)NC(CC(N)=O)C(=O)NC(C(C)CC(=O)O)C(=O)NC(C(C)C)C(=O)OC1C. The van der Waals surface area contributed by atoms with Crippen LogP contribution in [0.5, 0.6) is 0 Å². The number of benzene rings is 1. The number of rotatable bonds is 36. The van der Waals surface area contributed by atoms with E-state index in [0.717, 1.165) is 53.5 Å². The van der Waals surface area contributed by atoms with Crippen molar-refractivity contribution < 1.29 is 121 Å². The van der Waals surface area contributed by atoms with E-state index in [-0.39, 0.29) is 38.6 Å². The zero-order valence-electron chi connectivity index (χ0n) is 64.9. The molecule has 14 unspecified atom stereocenters. The molecule has 114 heavy (non-hydrogen) atoms. The van der Waals surface area contributed by atoms with Gasteiger partial charge in [-0.2, -0.15) is 0 Å². The van der Waals surface area contributed by atoms with E-state index in [9.17, 15) is 116 Å². The number of carboxylic acids is 4. The summed E-state index contributed by atoms with van der Waals surface area (Å²) in [5, 5.41) is 67.1. The van der Waals surface area contributed by atoms with Crippen LogP contribution >= 0.6 is 0 Å². The summed E-state index contributed by atoms with van der Waals surface area (Å²) in [6.45, 7) is 7.91. The Morgan fingerprint density at radius 2 is 1.15 bits per heavy atom. The van der Waals surface area contributed by atoms with Crippen molar-refractivity contribution in [2.75, 3.05) is 26.7 Å². The fourth-order valence-electron chi connectivity index (χ4n) is 11.8. The molecule has 42 nitrogen and oxygen atoms in total. The molecule has 0 spiro atoms. The molecule has 0 aliphatic carbocycles. The lowest BCUT2D eigenvalue weighted by molar-refractivity contribution is -0.159. The molecule has 15 amide bonds. The number of ether oxygens (including phenoxy) is 1. The molecule has 632 valence electrons. The number of aliphatic carboxylic acids is 4. The number of aromatic amines is 1. The van der Waals surface area contributed by atoms with Crippen molar-refractivity contribution in [1.29, 1.82) is 0 Å². The average Bonchev–Trinajstić information content (AvgIpc) is 1.58. The first-order chi connectivity index (χ1) is 53.5. The number of primary amides is 2. The number of nitrogens with zero attached hydrogens (tertiary/aromatic N) is 1. The predicted molar refractivity (Wildman–Crippen MR) is 400 cm³/mol. The average molecular weight is 1610 g/mol. The number of carbonyl (C=O) groups is 20. The number of fused-ring (bicyclic) bond motifs is 1. The number of nitrogens with two attached hydrogens (primary N) is 3. The van der Waals surface area contributed by atoms with Crippen molar-refractivity contribution in [3.8, 4) is 0 Å². The molecule has 0 bridgehead atoms. The zero-order valence-corrected chi connectivity index (χ0v) is 64.9. The summed E-state index contributed by atoms with van der Waals surface area (Å²) in [6.07, 6.45) is -2.59. The van der Waals surface area contributed by atoms with Crippen LogP contribution < -0.4 is 81.0 Å². The molecule has 1 aromatic heterocycles. The van der Waals surface area contributed by atoms with Gasteiger partial charge in [0.25, 0.3) is 0 Å². The Bertz CT molecular complexity index is 3790. The van der Waals surface area contributed by atoms with Crippen LogP contribution in [0.15, 0.2) is 30.5 Å². The molecular weight excluding hydrogens is 1500 g/mol. The number of hydrogen-bond acceptors (Lipinski definition) is 22. The maximum Gasteiger partial charge on any atom is 0.329 e. The summed E-state index contributed by atoms with van der Waals surface area (Å²) >= 11 is 0. The maximum absolute atomic E-state index is 14.9. The van der Waals surface area contributed by atoms with E-state index in [0.29, 0.717) is 40.1 Å². The molecule has 0 saturated carbocycles. The van der Waals surface area contributed by atoms with Gasteiger partial charge in [-0.3, -0.25) is 91.1 Å². The Kier molecular flexibility index (Phi) is 40.7. The Labute approximate surface area is 656 Å². The van der Waals surface area contributed by atoms with Crippen molar-refractivity contribution in [3.63, 3.8) is 0 Å². The van der Waals surface area contributed by atoms with Crippen LogP contribution in [0, 0.1) is 17.8 Å². The van der Waals surface area contributed by atoms with Crippen LogP contribution in [0.25, 0.3) is 10.9 Å². The van der Waals surface area contributed by atoms with Crippen molar-refractivity contribution in [2.24, 2.45) is 35.0 Å². The smallest absolute Gasteiger partial charge is 0.329 e. The van der Waals surface area contributed by atoms with E-state index in [4.69, 9.17) is 21.9 Å². The zero-order chi connectivity index (χ0) is 85.8. The van der Waals surface area contributed by atoms with Gasteiger partial charge in [-0.25, -0.2) is 4.79 Å². The summed E-state index contributed by atoms with van der Waals surface area (Å²) in [7, 11) is 0.945. The highest BCUT2D eigenvalue weighted by molar-refractivity contribution is 6.02. The monoisotopic (exact) mass is 1610 g/mol. The first-order valence-electron chi connectivity index (χ1n) is 37.3. The van der Waals surface area contributed by atoms with E-state index < -0.39 is 261 Å². The lowest BCUT2D eigenvalue weighted by Gasteiger charge is -2.32. The normalized spacial score (nSPS) is 21.7. The summed E-state index contributed by atoms with van der Waals surface area (Å²) in [6, 6.07) is -14.3. The van der Waals surface area contributed by atoms with Crippen molar-refractivity contribution >= 4 is 129 Å². The fourth-order valence-corrected chi connectivity index (χ4v) is 11.8. The summed E-state index contributed by atoms with van der Waals surface area (Å²) in [5.41, 5.74) is 17.9. The number of unbranched alkanes of at least 4 members (excludes halogenated alkanes) is 4. The molecule has 14 atom stereocenters. The Hall–Kier alpha value is -11.9. The van der Waals surface area contributed by atoms with E-state index in [2.05, 4.69) is 77.3 Å². The molecule has 1 aliphatic heterocycles. The van der Waals surface area contributed by atoms with Gasteiger partial charge in [0.15, 0.2) is 0 Å². The number of esters is 1. The highest BCUT2D eigenvalue weighted by Gasteiger charge is 2.42. The third-order valence-corrected chi connectivity index (χ3v) is 18.4. The number of para-hydroxylation sites is 1. The molecule has 0 radical (unpaired) electrons. The van der Waals surface area contributed by atoms with Gasteiger partial charge in [-0.05, 0) is 81.9 Å². The second-order valence-corrected chi connectivity index (χ2v) is 28.5. The van der Waals surface area contributed by atoms with E-state index >= 15 is 0 Å². The number of likely N-dealkylation sites (N-methyl/N-ethyl adjacent to an activating group) is 1. The molecule has 1 fully saturated rings. The fraction of sp³-hybridized carbons (Fsp3) is 0.611. The number of amides is 15. The minimum Gasteiger partial charge on any atom is -0.481 e. The van der Waals surface area contributed by atoms with Gasteiger partial charge < -0.3 is 116 Å². The van der Waals surface area contributed by atoms with Gasteiger partial charge in [0.05, 0.1) is 45.2 Å². The van der Waals surface area contributed by atoms with Gasteiger partial charge >= 0.3 is 29.8 Å². The Balaban J connectivity index is 2.23. The number of nitrogens with one attached hydrogen (secondary N) is 13. The highest BCUT2D eigenvalue weighted by Crippen LogP contribution is 2.21. The highest BCUT2D eigenvalue weighted by atomic mass is 16.5. The minimum absolute atomic E-state index is 0.00544. The summed E-state index contributed by atoms with van der Waals surface area (Å²) in [4.78, 5) is 276. The van der Waals surface area contributed by atoms with Crippen LogP contribution in [0.3, 0.4) is 0 Å². The Morgan fingerprint density at radius 1 is 0.570 bits per heavy atom. The van der Waals surface area contributed by atoms with Crippen LogP contribution in [-0.2, 0) is 107 Å². The van der Waals surface area contributed by atoms with Crippen LogP contribution in [0.2, 0.25) is 0 Å². The molecule has 1 aromatic carbocycles. The van der Waals surface area contributed by atoms with Crippen LogP contribution in [-0.4, -0.2) is 248 Å². The molecular formula is C72H109N17O25. The summed E-state index contributed by atoms with van der Waals surface area (Å²) in [5.74, 6) is -28.6. The second kappa shape index (κ2) is 48.1. The van der Waals surface area contributed by atoms with Gasteiger partial charge in [-0.1, -0.05) is 84.9 Å². The second-order valence-electron chi connectivity index (χ2n) is 28.5. The number of hydrogen-bond donors (Lipinski definition) is 20. The minimum atomic E-state index is -2.27. The molecule has 1 aliphatic rings. The van der Waals surface area contributed by atoms with E-state index in [1.165, 1.54) is 13.8 Å². The van der Waals surface area contributed by atoms with Gasteiger partial charge in [0.2, 0.25) is 88.6 Å². The van der Waals surface area contributed by atoms with E-state index in [1.54, 1.807) is 30.5 Å². The van der Waals surface area contributed by atoms with Crippen LogP contribution in [0.4, 0.5) is 0 Å². The number of carboxylic acid groups (broad SMARTS) is 4. The standard InChI is InChI=1S/C72H109N17O25/c1-9-36(4)18-12-10-11-13-22-52(92)79-45(27-40-32-76-42-20-15-14-19-41(40)42)66(107)82-44(23-24-55(95)96)65(106)84-47(29-51(75)91)69(110)88-61-39(7)114-72(113)59(35(2)3)86-70(111)60(37(5)26-56(97)98)87-68(109)46(28-50(74)90)80-53(93)33-77-63(104)48(30-57(99)100)85-64(105)43(21-16-17-25-73)81-67(108)49(31-58(101)102)83-62(103)38(6)78-54(94)34-89(8)71(61)112/h14-15,19-20,32,35-39,43-49,59-61,76H,9-13,16-18,21-31,33-34,73H2,1-8H3,(H2,74,90)(H2,75,91)(H,77,104)(H,78,94)(H,79,92)(H,80,93)(H,81,108)(H,82,107)(H,83,103)(H,84,106)(H,85,105)(H,86,111)(H,87,109)(H,88,110)(H,95,96)(H,97,98)(H,99,100)(H,101,102). The summed E-state index contributed by atoms with van der Waals surface area (Å²) < 4.78 is 5.75. The first kappa shape index (κ1) is 96.3. The maximum atomic E-state index is 14.9. The molecule has 2 aromatic rings. The number of H-pyrrole nitrogens is 1. The molecule has 1 saturated heterocycles. The number of cyclic esters (lactones) is 1. The lowest BCUT2D eigenvalue weighted by Crippen LogP contribution is -2.62. The van der Waals surface area contributed by atoms with Crippen molar-refractivity contribution in [3.05, 3.63) is 36.0 Å². The van der Waals surface area contributed by atoms with Gasteiger partial charge in [0.1, 0.15) is 72.6 Å². The van der Waals surface area contributed by atoms with E-state index in [1.807, 2.05) is 5.32 Å². The van der Waals surface area contributed by atoms with Crippen molar-refractivity contribution in [2.45, 2.75) is 237 Å².